The van der Waals surface area contributed by atoms with Crippen LogP contribution in [0.2, 0.25) is 0 Å². The Morgan fingerprint density at radius 2 is 1.67 bits per heavy atom. The van der Waals surface area contributed by atoms with Crippen molar-refractivity contribution in [1.29, 1.82) is 0 Å². The minimum absolute atomic E-state index is 0.0555. The number of primary amides is 1. The number of carbonyl (C=O) groups excluding carboxylic acids is 2. The topological polar surface area (TPSA) is 110 Å². The lowest BCUT2D eigenvalue weighted by molar-refractivity contribution is -0.141. The van der Waals surface area contributed by atoms with Gasteiger partial charge in [-0.15, -0.1) is 0 Å². The number of carbonyl (C=O) groups is 2. The summed E-state index contributed by atoms with van der Waals surface area (Å²) in [6, 6.07) is 0. The van der Waals surface area contributed by atoms with Crippen LogP contribution in [0.25, 0.3) is 0 Å². The first-order valence-electron chi connectivity index (χ1n) is 8.92. The van der Waals surface area contributed by atoms with E-state index < -0.39 is 17.4 Å². The molecule has 0 rings (SSSR count). The third-order valence-corrected chi connectivity index (χ3v) is 4.48. The summed E-state index contributed by atoms with van der Waals surface area (Å²) in [4.78, 5) is 24.1. The molecule has 0 spiro atoms. The molecule has 2 amide bonds. The summed E-state index contributed by atoms with van der Waals surface area (Å²) < 4.78 is 0. The van der Waals surface area contributed by atoms with E-state index in [9.17, 15) is 14.7 Å². The molecule has 5 N–H and O–H groups in total. The molecule has 0 aliphatic heterocycles. The fraction of sp³-hybridized carbons (Fsp3) is 0.889. The zero-order chi connectivity index (χ0) is 19.1. The first-order chi connectivity index (χ1) is 10.9. The lowest BCUT2D eigenvalue weighted by Crippen LogP contribution is -2.51. The van der Waals surface area contributed by atoms with Crippen molar-refractivity contribution in [3.63, 3.8) is 0 Å². The van der Waals surface area contributed by atoms with Crippen molar-refractivity contribution in [2.75, 3.05) is 6.54 Å². The predicted octanol–water partition coefficient (Wildman–Crippen LogP) is 2.05. The highest BCUT2D eigenvalue weighted by Gasteiger charge is 2.33. The average Bonchev–Trinajstić information content (AvgIpc) is 2.42. The van der Waals surface area contributed by atoms with Gasteiger partial charge in [-0.05, 0) is 38.5 Å². The molecule has 0 aromatic carbocycles. The Morgan fingerprint density at radius 3 is 2.08 bits per heavy atom. The van der Waals surface area contributed by atoms with Crippen LogP contribution in [0, 0.1) is 23.2 Å². The lowest BCUT2D eigenvalue weighted by atomic mass is 9.86. The van der Waals surface area contributed by atoms with E-state index in [0.717, 1.165) is 17.9 Å². The molecule has 2 atom stereocenters. The van der Waals surface area contributed by atoms with Crippen LogP contribution < -0.4 is 11.6 Å². The van der Waals surface area contributed by atoms with Crippen LogP contribution in [0.15, 0.2) is 0 Å². The van der Waals surface area contributed by atoms with Gasteiger partial charge in [0, 0.05) is 5.92 Å². The maximum atomic E-state index is 12.6. The fourth-order valence-corrected chi connectivity index (χ4v) is 2.63. The monoisotopic (exact) mass is 343 g/mol. The van der Waals surface area contributed by atoms with Gasteiger partial charge in [0.25, 0.3) is 0 Å². The van der Waals surface area contributed by atoms with Crippen LogP contribution in [-0.4, -0.2) is 34.6 Å². The van der Waals surface area contributed by atoms with Crippen molar-refractivity contribution in [3.8, 4) is 0 Å². The molecular formula is C18H37N3O3. The van der Waals surface area contributed by atoms with Crippen molar-refractivity contribution in [2.45, 2.75) is 73.3 Å². The highest BCUT2D eigenvalue weighted by atomic mass is 16.3. The highest BCUT2D eigenvalue weighted by molar-refractivity contribution is 5.82. The molecule has 0 radical (unpaired) electrons. The number of nitrogens with two attached hydrogens (primary N) is 2. The number of hydrogen-bond acceptors (Lipinski definition) is 4. The molecule has 0 saturated heterocycles. The average molecular weight is 344 g/mol. The quantitative estimate of drug-likeness (QED) is 0.303. The molecule has 0 aliphatic carbocycles. The first kappa shape index (κ1) is 22.9. The highest BCUT2D eigenvalue weighted by Crippen LogP contribution is 2.24. The minimum Gasteiger partial charge on any atom is -0.393 e. The van der Waals surface area contributed by atoms with Crippen LogP contribution in [0.5, 0.6) is 0 Å². The van der Waals surface area contributed by atoms with Gasteiger partial charge in [-0.1, -0.05) is 40.5 Å². The number of aliphatic hydroxyl groups excluding tert-OH is 1. The third kappa shape index (κ3) is 8.11. The summed E-state index contributed by atoms with van der Waals surface area (Å²) in [5, 5.41) is 11.3. The molecule has 2 unspecified atom stereocenters. The van der Waals surface area contributed by atoms with E-state index >= 15 is 0 Å². The first-order valence-corrected chi connectivity index (χ1v) is 8.92. The van der Waals surface area contributed by atoms with E-state index in [1.54, 1.807) is 13.8 Å². The summed E-state index contributed by atoms with van der Waals surface area (Å²) in [5.74, 6) is 5.44. The van der Waals surface area contributed by atoms with Gasteiger partial charge in [-0.3, -0.25) is 14.6 Å². The molecule has 6 heteroatoms. The number of hydrazine groups is 1. The zero-order valence-electron chi connectivity index (χ0n) is 16.2. The van der Waals surface area contributed by atoms with E-state index in [1.165, 1.54) is 0 Å². The van der Waals surface area contributed by atoms with Gasteiger partial charge >= 0.3 is 0 Å². The Hall–Kier alpha value is -1.14. The van der Waals surface area contributed by atoms with Gasteiger partial charge in [0.2, 0.25) is 11.8 Å². The predicted molar refractivity (Wildman–Crippen MR) is 96.5 cm³/mol. The molecule has 0 heterocycles. The zero-order valence-corrected chi connectivity index (χ0v) is 16.2. The Balaban J connectivity index is 4.74. The standard InChI is InChI=1S/C18H37N3O3/c1-12(2)8-7-9-14(22)10-15(13(3)4)16(23)21(20)11-18(5,6)17(19)24/h12-15,22H,7-11,20H2,1-6H3,(H2,19,24). The molecule has 6 nitrogen and oxygen atoms in total. The number of hydrogen-bond donors (Lipinski definition) is 3. The molecule has 0 saturated carbocycles. The summed E-state index contributed by atoms with van der Waals surface area (Å²) >= 11 is 0. The van der Waals surface area contributed by atoms with E-state index in [1.807, 2.05) is 13.8 Å². The second-order valence-corrected chi connectivity index (χ2v) is 8.28. The van der Waals surface area contributed by atoms with Gasteiger partial charge < -0.3 is 10.8 Å². The molecular weight excluding hydrogens is 306 g/mol. The fourth-order valence-electron chi connectivity index (χ4n) is 2.63. The molecule has 0 aromatic heterocycles. The van der Waals surface area contributed by atoms with Crippen molar-refractivity contribution in [2.24, 2.45) is 34.7 Å². The largest absolute Gasteiger partial charge is 0.393 e. The van der Waals surface area contributed by atoms with E-state index in [-0.39, 0.29) is 24.3 Å². The lowest BCUT2D eigenvalue weighted by Gasteiger charge is -2.31. The van der Waals surface area contributed by atoms with Gasteiger partial charge in [-0.2, -0.15) is 0 Å². The van der Waals surface area contributed by atoms with E-state index in [2.05, 4.69) is 13.8 Å². The van der Waals surface area contributed by atoms with Crippen LogP contribution >= 0.6 is 0 Å². The van der Waals surface area contributed by atoms with Crippen molar-refractivity contribution in [3.05, 3.63) is 0 Å². The maximum absolute atomic E-state index is 12.6. The van der Waals surface area contributed by atoms with Crippen LogP contribution in [-0.2, 0) is 9.59 Å². The summed E-state index contributed by atoms with van der Waals surface area (Å²) in [6.07, 6.45) is 2.56. The Morgan fingerprint density at radius 1 is 1.12 bits per heavy atom. The van der Waals surface area contributed by atoms with Crippen molar-refractivity contribution < 1.29 is 14.7 Å². The summed E-state index contributed by atoms with van der Waals surface area (Å²) in [7, 11) is 0. The van der Waals surface area contributed by atoms with Gasteiger partial charge in [0.1, 0.15) is 0 Å². The second kappa shape index (κ2) is 9.99. The van der Waals surface area contributed by atoms with Gasteiger partial charge in [-0.25, -0.2) is 5.84 Å². The summed E-state index contributed by atoms with van der Waals surface area (Å²) in [5.41, 5.74) is 4.45. The molecule has 0 fully saturated rings. The second-order valence-electron chi connectivity index (χ2n) is 8.28. The molecule has 0 aliphatic rings. The molecule has 142 valence electrons. The van der Waals surface area contributed by atoms with Crippen LogP contribution in [0.4, 0.5) is 0 Å². The third-order valence-electron chi connectivity index (χ3n) is 4.48. The number of nitrogens with zero attached hydrogens (tertiary/aromatic N) is 1. The summed E-state index contributed by atoms with van der Waals surface area (Å²) in [6.45, 7) is 11.6. The minimum atomic E-state index is -0.887. The number of aliphatic hydroxyl groups is 1. The van der Waals surface area contributed by atoms with Crippen LogP contribution in [0.3, 0.4) is 0 Å². The SMILES string of the molecule is CC(C)CCCC(O)CC(C(=O)N(N)CC(C)(C)C(N)=O)C(C)C. The normalized spacial score (nSPS) is 14.8. The maximum Gasteiger partial charge on any atom is 0.239 e. The Labute approximate surface area is 146 Å². The molecule has 0 aromatic rings. The van der Waals surface area contributed by atoms with E-state index in [0.29, 0.717) is 18.8 Å². The van der Waals surface area contributed by atoms with Gasteiger partial charge in [0.05, 0.1) is 18.1 Å². The molecule has 0 bridgehead atoms. The molecule has 24 heavy (non-hydrogen) atoms. The Bertz CT molecular complexity index is 408. The van der Waals surface area contributed by atoms with Gasteiger partial charge in [0.15, 0.2) is 0 Å². The Kier molecular flexibility index (Phi) is 9.51. The smallest absolute Gasteiger partial charge is 0.239 e. The van der Waals surface area contributed by atoms with Crippen LogP contribution in [0.1, 0.15) is 67.2 Å². The van der Waals surface area contributed by atoms with Crippen molar-refractivity contribution in [1.82, 2.24) is 5.01 Å². The number of rotatable bonds is 11. The van der Waals surface area contributed by atoms with Crippen molar-refractivity contribution >= 4 is 11.8 Å². The number of amides is 2. The van der Waals surface area contributed by atoms with E-state index in [4.69, 9.17) is 11.6 Å².